The summed E-state index contributed by atoms with van der Waals surface area (Å²) in [6.07, 6.45) is 5.68. The molecule has 1 unspecified atom stereocenters. The van der Waals surface area contributed by atoms with Crippen molar-refractivity contribution < 1.29 is 4.74 Å². The van der Waals surface area contributed by atoms with E-state index in [0.717, 1.165) is 28.8 Å². The topological polar surface area (TPSA) is 69.2 Å². The first-order chi connectivity index (χ1) is 9.63. The number of aromatic nitrogens is 3. The molecular weight excluding hydrogens is 322 g/mol. The van der Waals surface area contributed by atoms with Gasteiger partial charge >= 0.3 is 0 Å². The minimum atomic E-state index is 0.0359. The number of halogens is 1. The molecule has 106 valence electrons. The highest BCUT2D eigenvalue weighted by atomic mass is 79.9. The maximum atomic E-state index is 5.83. The third-order valence-corrected chi connectivity index (χ3v) is 4.02. The van der Waals surface area contributed by atoms with E-state index < -0.39 is 0 Å². The second kappa shape index (κ2) is 5.41. The summed E-state index contributed by atoms with van der Waals surface area (Å²) in [4.78, 5) is 6.44. The number of hydrogen-bond donors (Lipinski definition) is 1. The lowest BCUT2D eigenvalue weighted by Crippen LogP contribution is -2.38. The van der Waals surface area contributed by atoms with Gasteiger partial charge in [0.2, 0.25) is 0 Å². The molecule has 20 heavy (non-hydrogen) atoms. The Balaban J connectivity index is 1.79. The molecule has 2 aromatic heterocycles. The van der Waals surface area contributed by atoms with Crippen LogP contribution in [0.2, 0.25) is 0 Å². The number of anilines is 2. The minimum Gasteiger partial charge on any atom is -0.383 e. The molecular formula is C13H16BrN5O. The molecule has 0 radical (unpaired) electrons. The number of ether oxygens (including phenoxy) is 1. The van der Waals surface area contributed by atoms with E-state index in [4.69, 9.17) is 10.5 Å². The van der Waals surface area contributed by atoms with Gasteiger partial charge in [-0.2, -0.15) is 5.10 Å². The van der Waals surface area contributed by atoms with Gasteiger partial charge in [0, 0.05) is 31.9 Å². The normalized spacial score (nSPS) is 19.3. The smallest absolute Gasteiger partial charge is 0.137 e. The van der Waals surface area contributed by atoms with E-state index in [2.05, 4.69) is 30.9 Å². The third-order valence-electron chi connectivity index (χ3n) is 3.38. The molecule has 0 bridgehead atoms. The number of rotatable bonds is 2. The van der Waals surface area contributed by atoms with Gasteiger partial charge in [-0.15, -0.1) is 0 Å². The molecule has 1 fully saturated rings. The fourth-order valence-corrected chi connectivity index (χ4v) is 2.64. The van der Waals surface area contributed by atoms with Crippen molar-refractivity contribution in [1.82, 2.24) is 14.8 Å². The summed E-state index contributed by atoms with van der Waals surface area (Å²) in [6.45, 7) is 2.31. The van der Waals surface area contributed by atoms with E-state index in [1.165, 1.54) is 0 Å². The number of aryl methyl sites for hydroxylation is 1. The molecule has 3 rings (SSSR count). The van der Waals surface area contributed by atoms with Crippen LogP contribution in [0.5, 0.6) is 0 Å². The largest absolute Gasteiger partial charge is 0.383 e. The minimum absolute atomic E-state index is 0.0359. The fourth-order valence-electron chi connectivity index (χ4n) is 2.30. The quantitative estimate of drug-likeness (QED) is 0.903. The Hall–Kier alpha value is -1.60. The zero-order valence-electron chi connectivity index (χ0n) is 11.2. The van der Waals surface area contributed by atoms with Crippen molar-refractivity contribution in [3.63, 3.8) is 0 Å². The van der Waals surface area contributed by atoms with Crippen LogP contribution in [0, 0.1) is 0 Å². The second-order valence-electron chi connectivity index (χ2n) is 4.81. The van der Waals surface area contributed by atoms with Crippen LogP contribution in [0.4, 0.5) is 11.5 Å². The van der Waals surface area contributed by atoms with E-state index in [1.54, 1.807) is 10.9 Å². The van der Waals surface area contributed by atoms with Crippen LogP contribution >= 0.6 is 15.9 Å². The van der Waals surface area contributed by atoms with Crippen LogP contribution in [0.3, 0.4) is 0 Å². The molecule has 2 N–H and O–H groups in total. The summed E-state index contributed by atoms with van der Waals surface area (Å²) in [6, 6.07) is 1.99. The van der Waals surface area contributed by atoms with Crippen LogP contribution in [0.15, 0.2) is 29.1 Å². The monoisotopic (exact) mass is 337 g/mol. The molecule has 2 aromatic rings. The number of nitrogens with zero attached hydrogens (tertiary/aromatic N) is 4. The van der Waals surface area contributed by atoms with Crippen molar-refractivity contribution in [3.05, 3.63) is 34.7 Å². The van der Waals surface area contributed by atoms with Gasteiger partial charge in [0.15, 0.2) is 0 Å². The number of morpholine rings is 1. The molecule has 0 saturated carbocycles. The number of pyridine rings is 1. The zero-order chi connectivity index (χ0) is 14.1. The first-order valence-electron chi connectivity index (χ1n) is 6.39. The van der Waals surface area contributed by atoms with Gasteiger partial charge in [0.05, 0.1) is 29.2 Å². The zero-order valence-corrected chi connectivity index (χ0v) is 12.7. The molecule has 6 nitrogen and oxygen atoms in total. The maximum absolute atomic E-state index is 5.83. The van der Waals surface area contributed by atoms with Crippen molar-refractivity contribution in [1.29, 1.82) is 0 Å². The fraction of sp³-hybridized carbons (Fsp3) is 0.385. The van der Waals surface area contributed by atoms with Crippen molar-refractivity contribution in [3.8, 4) is 0 Å². The highest BCUT2D eigenvalue weighted by Crippen LogP contribution is 2.28. The molecule has 1 atom stereocenters. The van der Waals surface area contributed by atoms with Gasteiger partial charge in [-0.05, 0) is 22.0 Å². The first kappa shape index (κ1) is 13.4. The Labute approximate surface area is 125 Å². The van der Waals surface area contributed by atoms with Gasteiger partial charge in [0.1, 0.15) is 11.9 Å². The van der Waals surface area contributed by atoms with E-state index in [1.807, 2.05) is 25.5 Å². The Morgan fingerprint density at radius 2 is 2.30 bits per heavy atom. The van der Waals surface area contributed by atoms with Crippen LogP contribution in [-0.2, 0) is 11.8 Å². The van der Waals surface area contributed by atoms with E-state index in [0.29, 0.717) is 12.4 Å². The van der Waals surface area contributed by atoms with Crippen LogP contribution in [0.25, 0.3) is 0 Å². The third kappa shape index (κ3) is 2.64. The second-order valence-corrected chi connectivity index (χ2v) is 5.67. The van der Waals surface area contributed by atoms with Crippen molar-refractivity contribution in [2.75, 3.05) is 30.3 Å². The standard InChI is InChI=1S/C13H16BrN5O/c1-18-7-9(5-17-18)12-8-19(2-3-20-12)10-4-11(14)13(15)16-6-10/h4-7,12H,2-3,8H2,1H3,(H2,15,16). The van der Waals surface area contributed by atoms with Gasteiger partial charge < -0.3 is 15.4 Å². The molecule has 3 heterocycles. The lowest BCUT2D eigenvalue weighted by Gasteiger charge is -2.34. The van der Waals surface area contributed by atoms with Crippen molar-refractivity contribution in [2.24, 2.45) is 7.05 Å². The van der Waals surface area contributed by atoms with Crippen LogP contribution in [0.1, 0.15) is 11.7 Å². The average Bonchev–Trinajstić information content (AvgIpc) is 2.89. The van der Waals surface area contributed by atoms with E-state index in [-0.39, 0.29) is 6.10 Å². The molecule has 1 aliphatic rings. The summed E-state index contributed by atoms with van der Waals surface area (Å²) < 4.78 is 8.44. The molecule has 0 amide bonds. The van der Waals surface area contributed by atoms with Crippen molar-refractivity contribution in [2.45, 2.75) is 6.10 Å². The molecule has 0 aromatic carbocycles. The van der Waals surface area contributed by atoms with Gasteiger partial charge in [-0.1, -0.05) is 0 Å². The number of hydrogen-bond acceptors (Lipinski definition) is 5. The van der Waals surface area contributed by atoms with E-state index >= 15 is 0 Å². The summed E-state index contributed by atoms with van der Waals surface area (Å²) in [5.41, 5.74) is 7.87. The lowest BCUT2D eigenvalue weighted by molar-refractivity contribution is 0.0397. The molecule has 7 heteroatoms. The molecule has 0 spiro atoms. The maximum Gasteiger partial charge on any atom is 0.137 e. The van der Waals surface area contributed by atoms with Crippen molar-refractivity contribution >= 4 is 27.4 Å². The Morgan fingerprint density at radius 3 is 3.00 bits per heavy atom. The Kier molecular flexibility index (Phi) is 3.62. The summed E-state index contributed by atoms with van der Waals surface area (Å²) in [7, 11) is 1.91. The molecule has 1 aliphatic heterocycles. The highest BCUT2D eigenvalue weighted by Gasteiger charge is 2.23. The predicted molar refractivity (Wildman–Crippen MR) is 80.5 cm³/mol. The van der Waals surface area contributed by atoms with Crippen LogP contribution < -0.4 is 10.6 Å². The summed E-state index contributed by atoms with van der Waals surface area (Å²) >= 11 is 3.42. The summed E-state index contributed by atoms with van der Waals surface area (Å²) in [5.74, 6) is 0.505. The van der Waals surface area contributed by atoms with Gasteiger partial charge in [-0.3, -0.25) is 4.68 Å². The van der Waals surface area contributed by atoms with Crippen LogP contribution in [-0.4, -0.2) is 34.5 Å². The number of nitrogens with two attached hydrogens (primary N) is 1. The Morgan fingerprint density at radius 1 is 1.45 bits per heavy atom. The summed E-state index contributed by atoms with van der Waals surface area (Å²) in [5, 5.41) is 4.20. The predicted octanol–water partition coefficient (Wildman–Crippen LogP) is 1.74. The van der Waals surface area contributed by atoms with Gasteiger partial charge in [0.25, 0.3) is 0 Å². The SMILES string of the molecule is Cn1cc(C2CN(c3cnc(N)c(Br)c3)CCO2)cn1. The Bertz CT molecular complexity index is 615. The molecule has 0 aliphatic carbocycles. The highest BCUT2D eigenvalue weighted by molar-refractivity contribution is 9.10. The number of nitrogen functional groups attached to an aromatic ring is 1. The van der Waals surface area contributed by atoms with E-state index in [9.17, 15) is 0 Å². The lowest BCUT2D eigenvalue weighted by atomic mass is 10.1. The average molecular weight is 338 g/mol. The molecule has 1 saturated heterocycles. The first-order valence-corrected chi connectivity index (χ1v) is 7.19. The van der Waals surface area contributed by atoms with Gasteiger partial charge in [-0.25, -0.2) is 4.98 Å².